The first-order chi connectivity index (χ1) is 3.48. The van der Waals surface area contributed by atoms with Crippen molar-refractivity contribution in [3.05, 3.63) is 0 Å². The molecule has 0 rings (SSSR count). The third-order valence-electron chi connectivity index (χ3n) is 0.693. The number of hydrogen-bond donors (Lipinski definition) is 2. The molecular formula is C3H10Na2O4S. The number of aliphatic hydroxyl groups excluding tert-OH is 1. The summed E-state index contributed by atoms with van der Waals surface area (Å²) < 4.78 is 27.7. The molecular weight excluding hydrogens is 178 g/mol. The maximum atomic E-state index is 9.87. The first-order valence-electron chi connectivity index (χ1n) is 2.13. The van der Waals surface area contributed by atoms with Crippen LogP contribution in [0.1, 0.15) is 13.3 Å². The van der Waals surface area contributed by atoms with Crippen LogP contribution in [0.3, 0.4) is 0 Å². The van der Waals surface area contributed by atoms with Gasteiger partial charge in [0.1, 0.15) is 0 Å². The molecule has 0 spiro atoms. The Bertz CT molecular complexity index is 154. The molecule has 0 bridgehead atoms. The van der Waals surface area contributed by atoms with Gasteiger partial charge in [0, 0.05) is 0 Å². The third kappa shape index (κ3) is 7.97. The summed E-state index contributed by atoms with van der Waals surface area (Å²) in [6, 6.07) is 0. The molecule has 0 saturated heterocycles. The second-order valence-electron chi connectivity index (χ2n) is 1.38. The van der Waals surface area contributed by atoms with E-state index in [1.807, 2.05) is 0 Å². The van der Waals surface area contributed by atoms with Crippen molar-refractivity contribution in [2.45, 2.75) is 18.8 Å². The normalized spacial score (nSPS) is 12.7. The van der Waals surface area contributed by atoms with Crippen molar-refractivity contribution in [1.82, 2.24) is 0 Å². The van der Waals surface area contributed by atoms with Crippen molar-refractivity contribution in [3.8, 4) is 0 Å². The zero-order valence-corrected chi connectivity index (χ0v) is 5.22. The summed E-state index contributed by atoms with van der Waals surface area (Å²) >= 11 is 0. The van der Waals surface area contributed by atoms with Gasteiger partial charge in [0.25, 0.3) is 10.1 Å². The van der Waals surface area contributed by atoms with Gasteiger partial charge >= 0.3 is 59.1 Å². The quantitative estimate of drug-likeness (QED) is 0.400. The van der Waals surface area contributed by atoms with E-state index in [-0.39, 0.29) is 65.5 Å². The topological polar surface area (TPSA) is 74.6 Å². The molecule has 0 aliphatic heterocycles. The van der Waals surface area contributed by atoms with Gasteiger partial charge in [-0.3, -0.25) is 4.55 Å². The van der Waals surface area contributed by atoms with E-state index in [0.717, 1.165) is 0 Å². The first-order valence-corrected chi connectivity index (χ1v) is 3.63. The van der Waals surface area contributed by atoms with Crippen LogP contribution in [0, 0.1) is 0 Å². The van der Waals surface area contributed by atoms with Gasteiger partial charge < -0.3 is 5.11 Å². The number of hydrogen-bond acceptors (Lipinski definition) is 3. The van der Waals surface area contributed by atoms with Gasteiger partial charge in [-0.05, 0) is 6.42 Å². The van der Waals surface area contributed by atoms with Crippen molar-refractivity contribution in [2.24, 2.45) is 0 Å². The van der Waals surface area contributed by atoms with Gasteiger partial charge in [0.15, 0.2) is 5.44 Å². The predicted octanol–water partition coefficient (Wildman–Crippen LogP) is -1.69. The molecule has 0 heterocycles. The third-order valence-corrected chi connectivity index (χ3v) is 1.71. The molecule has 1 atom stereocenters. The van der Waals surface area contributed by atoms with E-state index in [4.69, 9.17) is 9.66 Å². The molecule has 0 aliphatic carbocycles. The molecule has 0 saturated carbocycles. The number of rotatable bonds is 2. The van der Waals surface area contributed by atoms with Crippen LogP contribution in [0.25, 0.3) is 0 Å². The van der Waals surface area contributed by atoms with Gasteiger partial charge in [-0.2, -0.15) is 8.42 Å². The monoisotopic (exact) mass is 188 g/mol. The van der Waals surface area contributed by atoms with Crippen molar-refractivity contribution in [3.63, 3.8) is 0 Å². The molecule has 0 fully saturated rings. The van der Waals surface area contributed by atoms with E-state index in [2.05, 4.69) is 0 Å². The maximum absolute atomic E-state index is 9.87. The molecule has 0 aromatic carbocycles. The fourth-order valence-electron chi connectivity index (χ4n) is 0.211. The molecule has 2 N–H and O–H groups in total. The van der Waals surface area contributed by atoms with Crippen LogP contribution < -0.4 is 0 Å². The van der Waals surface area contributed by atoms with Gasteiger partial charge in [0.2, 0.25) is 0 Å². The molecule has 0 radical (unpaired) electrons. The van der Waals surface area contributed by atoms with Gasteiger partial charge in [-0.15, -0.1) is 0 Å². The van der Waals surface area contributed by atoms with Crippen LogP contribution in [0.5, 0.6) is 0 Å². The van der Waals surface area contributed by atoms with Crippen LogP contribution >= 0.6 is 0 Å². The van der Waals surface area contributed by atoms with Crippen molar-refractivity contribution in [2.75, 3.05) is 0 Å². The Morgan fingerprint density at radius 2 is 1.70 bits per heavy atom. The van der Waals surface area contributed by atoms with Gasteiger partial charge in [0.05, 0.1) is 0 Å². The molecule has 0 aromatic rings. The van der Waals surface area contributed by atoms with E-state index in [0.29, 0.717) is 0 Å². The molecule has 1 unspecified atom stereocenters. The van der Waals surface area contributed by atoms with Crippen LogP contribution in [0.2, 0.25) is 0 Å². The van der Waals surface area contributed by atoms with E-state index < -0.39 is 15.6 Å². The van der Waals surface area contributed by atoms with Crippen molar-refractivity contribution in [1.29, 1.82) is 0 Å². The van der Waals surface area contributed by atoms with Gasteiger partial charge in [-0.25, -0.2) is 0 Å². The van der Waals surface area contributed by atoms with Crippen LogP contribution in [-0.4, -0.2) is 82.6 Å². The SMILES string of the molecule is CCC(O)S(=O)(=O)O.[NaH].[NaH]. The fourth-order valence-corrected chi connectivity index (χ4v) is 0.632. The Balaban J connectivity index is -0.000000245. The number of aliphatic hydroxyl groups is 1. The van der Waals surface area contributed by atoms with Crippen LogP contribution in [0.15, 0.2) is 0 Å². The molecule has 10 heavy (non-hydrogen) atoms. The Morgan fingerprint density at radius 3 is 1.70 bits per heavy atom. The average Bonchev–Trinajstić information content (AvgIpc) is 1.62. The van der Waals surface area contributed by atoms with Crippen molar-refractivity contribution < 1.29 is 18.1 Å². The van der Waals surface area contributed by atoms with E-state index >= 15 is 0 Å². The zero-order valence-electron chi connectivity index (χ0n) is 4.40. The summed E-state index contributed by atoms with van der Waals surface area (Å²) in [6.45, 7) is 1.46. The Labute approximate surface area is 105 Å². The summed E-state index contributed by atoms with van der Waals surface area (Å²) in [5.74, 6) is 0. The fraction of sp³-hybridized carbons (Fsp3) is 1.00. The van der Waals surface area contributed by atoms with Crippen molar-refractivity contribution >= 4 is 69.2 Å². The molecule has 7 heteroatoms. The molecule has 54 valence electrons. The molecule has 0 aromatic heterocycles. The first kappa shape index (κ1) is 17.8. The summed E-state index contributed by atoms with van der Waals surface area (Å²) in [5.41, 5.74) is -1.62. The summed E-state index contributed by atoms with van der Waals surface area (Å²) in [4.78, 5) is 0. The summed E-state index contributed by atoms with van der Waals surface area (Å²) in [6.07, 6.45) is 0.0127. The zero-order chi connectivity index (χ0) is 6.78. The minimum absolute atomic E-state index is 0. The van der Waals surface area contributed by atoms with Gasteiger partial charge in [-0.1, -0.05) is 6.92 Å². The second kappa shape index (κ2) is 7.52. The second-order valence-corrected chi connectivity index (χ2v) is 2.95. The molecule has 0 amide bonds. The van der Waals surface area contributed by atoms with Crippen LogP contribution in [0.4, 0.5) is 0 Å². The molecule has 0 aliphatic rings. The Morgan fingerprint density at radius 1 is 1.40 bits per heavy atom. The standard InChI is InChI=1S/C3H8O4S.2Na.2H/c1-2-3(4)8(5,6)7;;;;/h3-4H,2H2,1H3,(H,5,6,7);;;;. The average molecular weight is 188 g/mol. The van der Waals surface area contributed by atoms with E-state index in [1.54, 1.807) is 0 Å². The minimum atomic E-state index is -4.20. The molecule has 4 nitrogen and oxygen atoms in total. The van der Waals surface area contributed by atoms with E-state index in [9.17, 15) is 8.42 Å². The summed E-state index contributed by atoms with van der Waals surface area (Å²) in [7, 11) is -4.20. The predicted molar refractivity (Wildman–Crippen MR) is 42.1 cm³/mol. The summed E-state index contributed by atoms with van der Waals surface area (Å²) in [5, 5.41) is 8.36. The Kier molecular flexibility index (Phi) is 13.4. The van der Waals surface area contributed by atoms with Crippen LogP contribution in [-0.2, 0) is 10.1 Å². The van der Waals surface area contributed by atoms with E-state index in [1.165, 1.54) is 6.92 Å². The Hall–Kier alpha value is 1.87.